The third-order valence-electron chi connectivity index (χ3n) is 5.06. The normalized spacial score (nSPS) is 29.6. The van der Waals surface area contributed by atoms with Crippen molar-refractivity contribution in [2.24, 2.45) is 5.92 Å². The van der Waals surface area contributed by atoms with Crippen LogP contribution in [0.4, 0.5) is 0 Å². The molecule has 1 aromatic rings. The smallest absolute Gasteiger partial charge is 0.0452 e. The van der Waals surface area contributed by atoms with Crippen LogP contribution in [-0.2, 0) is 6.54 Å². The number of benzene rings is 1. The largest absolute Gasteiger partial charge is 0.309 e. The van der Waals surface area contributed by atoms with Gasteiger partial charge in [0.1, 0.15) is 0 Å². The third-order valence-corrected chi connectivity index (χ3v) is 5.66. The number of nitrogens with zero attached hydrogens (tertiary/aromatic N) is 1. The van der Waals surface area contributed by atoms with Crippen molar-refractivity contribution in [3.05, 3.63) is 33.8 Å². The van der Waals surface area contributed by atoms with E-state index in [1.807, 2.05) is 18.2 Å². The predicted octanol–water partition coefficient (Wildman–Crippen LogP) is 4.35. The molecule has 1 aliphatic heterocycles. The molecule has 1 N–H and O–H groups in total. The summed E-state index contributed by atoms with van der Waals surface area (Å²) in [5.41, 5.74) is 1.49. The number of halogens is 2. The monoisotopic (exact) mass is 326 g/mol. The minimum atomic E-state index is 0.138. The molecule has 0 bridgehead atoms. The van der Waals surface area contributed by atoms with Crippen molar-refractivity contribution in [2.45, 2.75) is 51.2 Å². The number of hydrogen-bond acceptors (Lipinski definition) is 2. The molecule has 3 rings (SSSR count). The van der Waals surface area contributed by atoms with Crippen molar-refractivity contribution in [1.82, 2.24) is 10.2 Å². The third kappa shape index (κ3) is 3.24. The van der Waals surface area contributed by atoms with Gasteiger partial charge in [-0.25, -0.2) is 0 Å². The molecule has 0 radical (unpaired) electrons. The Labute approximate surface area is 137 Å². The average molecular weight is 327 g/mol. The van der Waals surface area contributed by atoms with Crippen molar-refractivity contribution in [1.29, 1.82) is 0 Å². The fourth-order valence-electron chi connectivity index (χ4n) is 3.46. The van der Waals surface area contributed by atoms with Crippen LogP contribution in [0.3, 0.4) is 0 Å². The molecule has 1 aliphatic carbocycles. The Hall–Kier alpha value is -0.280. The molecular formula is C17H24Cl2N2. The van der Waals surface area contributed by atoms with Gasteiger partial charge < -0.3 is 5.32 Å². The Morgan fingerprint density at radius 3 is 2.62 bits per heavy atom. The minimum absolute atomic E-state index is 0.138. The summed E-state index contributed by atoms with van der Waals surface area (Å²) < 4.78 is 0. The lowest BCUT2D eigenvalue weighted by Gasteiger charge is -2.52. The van der Waals surface area contributed by atoms with Crippen LogP contribution >= 0.6 is 23.2 Å². The fourth-order valence-corrected chi connectivity index (χ4v) is 3.83. The molecule has 0 aromatic heterocycles. The standard InChI is InChI=1S/C17H24Cl2N2/c1-16(2)11-21(17(3,10-20-16)13-4-5-13)9-12-8-14(18)6-7-15(12)19/h6-8,13,20H,4-5,9-11H2,1-3H3. The van der Waals surface area contributed by atoms with Crippen LogP contribution in [-0.4, -0.2) is 29.1 Å². The van der Waals surface area contributed by atoms with Gasteiger partial charge in [-0.05, 0) is 63.3 Å². The van der Waals surface area contributed by atoms with Gasteiger partial charge in [-0.2, -0.15) is 0 Å². The van der Waals surface area contributed by atoms with Crippen molar-refractivity contribution in [2.75, 3.05) is 13.1 Å². The van der Waals surface area contributed by atoms with E-state index in [1.54, 1.807) is 0 Å². The predicted molar refractivity (Wildman–Crippen MR) is 90.1 cm³/mol. The Morgan fingerprint density at radius 1 is 1.24 bits per heavy atom. The van der Waals surface area contributed by atoms with E-state index in [4.69, 9.17) is 23.2 Å². The first-order chi connectivity index (χ1) is 9.80. The Balaban J connectivity index is 1.87. The molecule has 116 valence electrons. The van der Waals surface area contributed by atoms with Crippen LogP contribution in [0.5, 0.6) is 0 Å². The molecule has 1 saturated heterocycles. The van der Waals surface area contributed by atoms with Crippen LogP contribution in [0, 0.1) is 5.92 Å². The van der Waals surface area contributed by atoms with Crippen LogP contribution in [0.15, 0.2) is 18.2 Å². The van der Waals surface area contributed by atoms with Gasteiger partial charge in [-0.15, -0.1) is 0 Å². The van der Waals surface area contributed by atoms with Crippen molar-refractivity contribution in [3.8, 4) is 0 Å². The highest BCUT2D eigenvalue weighted by Crippen LogP contribution is 2.45. The summed E-state index contributed by atoms with van der Waals surface area (Å²) in [6.07, 6.45) is 2.69. The topological polar surface area (TPSA) is 15.3 Å². The summed E-state index contributed by atoms with van der Waals surface area (Å²) in [5, 5.41) is 5.29. The van der Waals surface area contributed by atoms with E-state index in [9.17, 15) is 0 Å². The van der Waals surface area contributed by atoms with E-state index in [0.717, 1.165) is 41.2 Å². The van der Waals surface area contributed by atoms with Crippen LogP contribution < -0.4 is 5.32 Å². The maximum Gasteiger partial charge on any atom is 0.0452 e. The zero-order valence-corrected chi connectivity index (χ0v) is 14.6. The van der Waals surface area contributed by atoms with E-state index in [1.165, 1.54) is 12.8 Å². The number of piperazine rings is 1. The first kappa shape index (κ1) is 15.6. The quantitative estimate of drug-likeness (QED) is 0.888. The zero-order chi connectivity index (χ0) is 15.3. The highest BCUT2D eigenvalue weighted by Gasteiger charge is 2.49. The summed E-state index contributed by atoms with van der Waals surface area (Å²) in [6, 6.07) is 5.77. The lowest BCUT2D eigenvalue weighted by atomic mass is 9.85. The molecular weight excluding hydrogens is 303 g/mol. The Kier molecular flexibility index (Phi) is 4.03. The summed E-state index contributed by atoms with van der Waals surface area (Å²) in [6.45, 7) is 9.88. The van der Waals surface area contributed by atoms with E-state index in [-0.39, 0.29) is 11.1 Å². The minimum Gasteiger partial charge on any atom is -0.309 e. The van der Waals surface area contributed by atoms with Crippen molar-refractivity contribution >= 4 is 23.2 Å². The molecule has 2 aliphatic rings. The molecule has 1 aromatic carbocycles. The Morgan fingerprint density at radius 2 is 1.95 bits per heavy atom. The average Bonchev–Trinajstić information content (AvgIpc) is 3.23. The van der Waals surface area contributed by atoms with Gasteiger partial charge in [0.05, 0.1) is 0 Å². The molecule has 0 spiro atoms. The van der Waals surface area contributed by atoms with Gasteiger partial charge in [0.2, 0.25) is 0 Å². The maximum atomic E-state index is 6.37. The summed E-state index contributed by atoms with van der Waals surface area (Å²) in [5.74, 6) is 0.805. The highest BCUT2D eigenvalue weighted by atomic mass is 35.5. The molecule has 1 atom stereocenters. The zero-order valence-electron chi connectivity index (χ0n) is 13.0. The maximum absolute atomic E-state index is 6.37. The van der Waals surface area contributed by atoms with Gasteiger partial charge in [0.25, 0.3) is 0 Å². The molecule has 0 amide bonds. The summed E-state index contributed by atoms with van der Waals surface area (Å²) in [4.78, 5) is 2.61. The van der Waals surface area contributed by atoms with Gasteiger partial charge in [-0.3, -0.25) is 4.90 Å². The van der Waals surface area contributed by atoms with Crippen molar-refractivity contribution < 1.29 is 0 Å². The van der Waals surface area contributed by atoms with Crippen LogP contribution in [0.1, 0.15) is 39.2 Å². The first-order valence-corrected chi connectivity index (χ1v) is 8.50. The number of hydrogen-bond donors (Lipinski definition) is 1. The van der Waals surface area contributed by atoms with E-state index < -0.39 is 0 Å². The number of rotatable bonds is 3. The summed E-state index contributed by atoms with van der Waals surface area (Å²) >= 11 is 12.5. The van der Waals surface area contributed by atoms with E-state index in [2.05, 4.69) is 31.0 Å². The lowest BCUT2D eigenvalue weighted by molar-refractivity contribution is 0.00523. The molecule has 2 nitrogen and oxygen atoms in total. The second kappa shape index (κ2) is 5.42. The fraction of sp³-hybridized carbons (Fsp3) is 0.647. The Bertz CT molecular complexity index is 540. The van der Waals surface area contributed by atoms with Crippen molar-refractivity contribution in [3.63, 3.8) is 0 Å². The molecule has 4 heteroatoms. The van der Waals surface area contributed by atoms with E-state index >= 15 is 0 Å². The van der Waals surface area contributed by atoms with Crippen LogP contribution in [0.25, 0.3) is 0 Å². The second-order valence-corrected chi connectivity index (χ2v) is 8.30. The highest BCUT2D eigenvalue weighted by molar-refractivity contribution is 6.33. The molecule has 2 fully saturated rings. The second-order valence-electron chi connectivity index (χ2n) is 7.46. The SMILES string of the molecule is CC1(C)CN(Cc2cc(Cl)ccc2Cl)C(C)(C2CC2)CN1. The molecule has 1 saturated carbocycles. The molecule has 1 unspecified atom stereocenters. The first-order valence-electron chi connectivity index (χ1n) is 7.74. The van der Waals surface area contributed by atoms with Crippen LogP contribution in [0.2, 0.25) is 10.0 Å². The summed E-state index contributed by atoms with van der Waals surface area (Å²) in [7, 11) is 0. The number of nitrogens with one attached hydrogen (secondary N) is 1. The van der Waals surface area contributed by atoms with Gasteiger partial charge >= 0.3 is 0 Å². The molecule has 1 heterocycles. The molecule has 21 heavy (non-hydrogen) atoms. The van der Waals surface area contributed by atoms with Gasteiger partial charge in [0.15, 0.2) is 0 Å². The lowest BCUT2D eigenvalue weighted by Crippen LogP contribution is -2.67. The van der Waals surface area contributed by atoms with Gasteiger partial charge in [0, 0.05) is 40.8 Å². The van der Waals surface area contributed by atoms with E-state index in [0.29, 0.717) is 0 Å². The van der Waals surface area contributed by atoms with Gasteiger partial charge in [-0.1, -0.05) is 23.2 Å².